The SMILES string of the molecule is C=C(C)/C(=C/c1ccccc1)C(=O)OC. The van der Waals surface area contributed by atoms with Crippen LogP contribution in [0.4, 0.5) is 0 Å². The summed E-state index contributed by atoms with van der Waals surface area (Å²) in [7, 11) is 1.37. The molecule has 0 saturated carbocycles. The Morgan fingerprint density at radius 1 is 1.33 bits per heavy atom. The fraction of sp³-hybridized carbons (Fsp3) is 0.154. The van der Waals surface area contributed by atoms with E-state index in [1.54, 1.807) is 13.0 Å². The van der Waals surface area contributed by atoms with Gasteiger partial charge in [0.25, 0.3) is 0 Å². The number of ether oxygens (including phenoxy) is 1. The van der Waals surface area contributed by atoms with Gasteiger partial charge in [-0.1, -0.05) is 36.9 Å². The van der Waals surface area contributed by atoms with Crippen molar-refractivity contribution >= 4 is 12.0 Å². The molecule has 1 rings (SSSR count). The van der Waals surface area contributed by atoms with Gasteiger partial charge in [-0.25, -0.2) is 4.79 Å². The lowest BCUT2D eigenvalue weighted by Gasteiger charge is -2.04. The molecule has 0 aliphatic carbocycles. The van der Waals surface area contributed by atoms with Gasteiger partial charge in [-0.15, -0.1) is 0 Å². The summed E-state index contributed by atoms with van der Waals surface area (Å²) < 4.78 is 4.68. The van der Waals surface area contributed by atoms with Crippen LogP contribution in [0.2, 0.25) is 0 Å². The van der Waals surface area contributed by atoms with Gasteiger partial charge in [-0.3, -0.25) is 0 Å². The van der Waals surface area contributed by atoms with Gasteiger partial charge >= 0.3 is 5.97 Å². The van der Waals surface area contributed by atoms with Crippen molar-refractivity contribution in [3.05, 3.63) is 53.6 Å². The molecule has 0 aliphatic heterocycles. The van der Waals surface area contributed by atoms with Crippen LogP contribution in [0.15, 0.2) is 48.1 Å². The molecule has 0 N–H and O–H groups in total. The summed E-state index contributed by atoms with van der Waals surface area (Å²) in [5.41, 5.74) is 2.16. The average Bonchev–Trinajstić information content (AvgIpc) is 2.26. The zero-order valence-corrected chi connectivity index (χ0v) is 8.99. The Morgan fingerprint density at radius 2 is 1.93 bits per heavy atom. The molecule has 0 fully saturated rings. The maximum Gasteiger partial charge on any atom is 0.338 e. The first-order valence-corrected chi connectivity index (χ1v) is 4.66. The quantitative estimate of drug-likeness (QED) is 0.428. The van der Waals surface area contributed by atoms with Crippen LogP contribution in [-0.4, -0.2) is 13.1 Å². The zero-order chi connectivity index (χ0) is 11.3. The number of carbonyl (C=O) groups is 1. The van der Waals surface area contributed by atoms with Crippen LogP contribution < -0.4 is 0 Å². The molecule has 0 spiro atoms. The molecule has 78 valence electrons. The normalized spacial score (nSPS) is 10.9. The van der Waals surface area contributed by atoms with Crippen LogP contribution in [0.3, 0.4) is 0 Å². The van der Waals surface area contributed by atoms with Crippen LogP contribution >= 0.6 is 0 Å². The number of carbonyl (C=O) groups excluding carboxylic acids is 1. The van der Waals surface area contributed by atoms with Crippen LogP contribution in [0.1, 0.15) is 12.5 Å². The van der Waals surface area contributed by atoms with Crippen molar-refractivity contribution in [2.45, 2.75) is 6.92 Å². The zero-order valence-electron chi connectivity index (χ0n) is 8.99. The van der Waals surface area contributed by atoms with Crippen molar-refractivity contribution in [2.24, 2.45) is 0 Å². The fourth-order valence-corrected chi connectivity index (χ4v) is 1.18. The van der Waals surface area contributed by atoms with E-state index in [0.717, 1.165) is 5.56 Å². The molecular weight excluding hydrogens is 188 g/mol. The van der Waals surface area contributed by atoms with Gasteiger partial charge in [0.2, 0.25) is 0 Å². The molecule has 2 heteroatoms. The van der Waals surface area contributed by atoms with Gasteiger partial charge in [0, 0.05) is 0 Å². The van der Waals surface area contributed by atoms with Gasteiger partial charge in [0.05, 0.1) is 12.7 Å². The molecular formula is C13H14O2. The maximum atomic E-state index is 11.4. The largest absolute Gasteiger partial charge is 0.465 e. The number of benzene rings is 1. The molecule has 1 aromatic rings. The molecule has 0 aliphatic rings. The van der Waals surface area contributed by atoms with Crippen molar-refractivity contribution in [1.29, 1.82) is 0 Å². The molecule has 0 heterocycles. The van der Waals surface area contributed by atoms with E-state index >= 15 is 0 Å². The lowest BCUT2D eigenvalue weighted by Crippen LogP contribution is -2.05. The van der Waals surface area contributed by atoms with Gasteiger partial charge < -0.3 is 4.74 Å². The van der Waals surface area contributed by atoms with E-state index in [0.29, 0.717) is 11.1 Å². The molecule has 0 aromatic heterocycles. The third kappa shape index (κ3) is 3.09. The third-order valence-electron chi connectivity index (χ3n) is 1.98. The molecule has 0 unspecified atom stereocenters. The van der Waals surface area contributed by atoms with E-state index in [2.05, 4.69) is 11.3 Å². The van der Waals surface area contributed by atoms with E-state index in [4.69, 9.17) is 0 Å². The number of methoxy groups -OCH3 is 1. The van der Waals surface area contributed by atoms with Gasteiger partial charge in [-0.05, 0) is 24.1 Å². The fourth-order valence-electron chi connectivity index (χ4n) is 1.18. The van der Waals surface area contributed by atoms with E-state index in [-0.39, 0.29) is 5.97 Å². The van der Waals surface area contributed by atoms with Crippen LogP contribution in [0, 0.1) is 0 Å². The first-order valence-electron chi connectivity index (χ1n) is 4.66. The van der Waals surface area contributed by atoms with Gasteiger partial charge in [0.15, 0.2) is 0 Å². The second-order valence-corrected chi connectivity index (χ2v) is 3.24. The number of rotatable bonds is 3. The standard InChI is InChI=1S/C13H14O2/c1-10(2)12(13(14)15-3)9-11-7-5-4-6-8-11/h4-9H,1H2,2-3H3/b12-9-. The lowest BCUT2D eigenvalue weighted by atomic mass is 10.1. The Labute approximate surface area is 89.9 Å². The van der Waals surface area contributed by atoms with Crippen molar-refractivity contribution in [2.75, 3.05) is 7.11 Å². The minimum atomic E-state index is -0.355. The van der Waals surface area contributed by atoms with Crippen molar-refractivity contribution in [3.8, 4) is 0 Å². The molecule has 15 heavy (non-hydrogen) atoms. The third-order valence-corrected chi connectivity index (χ3v) is 1.98. The summed E-state index contributed by atoms with van der Waals surface area (Å²) in [5.74, 6) is -0.355. The summed E-state index contributed by atoms with van der Waals surface area (Å²) in [5, 5.41) is 0. The predicted octanol–water partition coefficient (Wildman–Crippen LogP) is 2.82. The van der Waals surface area contributed by atoms with Crippen LogP contribution in [0.5, 0.6) is 0 Å². The highest BCUT2D eigenvalue weighted by atomic mass is 16.5. The van der Waals surface area contributed by atoms with Crippen molar-refractivity contribution in [1.82, 2.24) is 0 Å². The van der Waals surface area contributed by atoms with Gasteiger partial charge in [0.1, 0.15) is 0 Å². The molecule has 0 saturated heterocycles. The summed E-state index contributed by atoms with van der Waals surface area (Å²) in [6.45, 7) is 5.53. The first kappa shape index (κ1) is 11.2. The number of hydrogen-bond acceptors (Lipinski definition) is 2. The summed E-state index contributed by atoms with van der Waals surface area (Å²) in [6.07, 6.45) is 1.77. The molecule has 1 aromatic carbocycles. The van der Waals surface area contributed by atoms with E-state index in [1.807, 2.05) is 30.3 Å². The van der Waals surface area contributed by atoms with Crippen LogP contribution in [0.25, 0.3) is 6.08 Å². The number of esters is 1. The highest BCUT2D eigenvalue weighted by molar-refractivity contribution is 5.98. The summed E-state index contributed by atoms with van der Waals surface area (Å²) in [4.78, 5) is 11.4. The van der Waals surface area contributed by atoms with Crippen molar-refractivity contribution in [3.63, 3.8) is 0 Å². The topological polar surface area (TPSA) is 26.3 Å². The summed E-state index contributed by atoms with van der Waals surface area (Å²) >= 11 is 0. The van der Waals surface area contributed by atoms with E-state index in [9.17, 15) is 4.79 Å². The Balaban J connectivity index is 3.05. The molecule has 0 radical (unpaired) electrons. The molecule has 0 bridgehead atoms. The van der Waals surface area contributed by atoms with E-state index in [1.165, 1.54) is 7.11 Å². The Morgan fingerprint density at radius 3 is 2.40 bits per heavy atom. The summed E-state index contributed by atoms with van der Waals surface area (Å²) in [6, 6.07) is 9.60. The molecule has 0 atom stereocenters. The van der Waals surface area contributed by atoms with Crippen molar-refractivity contribution < 1.29 is 9.53 Å². The Bertz CT molecular complexity index is 388. The van der Waals surface area contributed by atoms with Gasteiger partial charge in [-0.2, -0.15) is 0 Å². The highest BCUT2D eigenvalue weighted by Gasteiger charge is 2.09. The average molecular weight is 202 g/mol. The smallest absolute Gasteiger partial charge is 0.338 e. The predicted molar refractivity (Wildman–Crippen MR) is 61.2 cm³/mol. The van der Waals surface area contributed by atoms with Crippen LogP contribution in [-0.2, 0) is 9.53 Å². The second-order valence-electron chi connectivity index (χ2n) is 3.24. The monoisotopic (exact) mass is 202 g/mol. The Hall–Kier alpha value is -1.83. The second kappa shape index (κ2) is 5.15. The molecule has 2 nitrogen and oxygen atoms in total. The minimum Gasteiger partial charge on any atom is -0.465 e. The lowest BCUT2D eigenvalue weighted by molar-refractivity contribution is -0.135. The first-order chi connectivity index (χ1) is 7.15. The Kier molecular flexibility index (Phi) is 3.86. The van der Waals surface area contributed by atoms with E-state index < -0.39 is 0 Å². The maximum absolute atomic E-state index is 11.4. The number of hydrogen-bond donors (Lipinski definition) is 0. The minimum absolute atomic E-state index is 0.355. The highest BCUT2D eigenvalue weighted by Crippen LogP contribution is 2.14. The molecule has 0 amide bonds.